The van der Waals surface area contributed by atoms with Crippen LogP contribution < -0.4 is 29.6 Å². The molecular formula is C86H100F6N2O18Si2. The second-order valence-corrected chi connectivity index (χ2v) is 34.1. The Labute approximate surface area is 664 Å². The summed E-state index contributed by atoms with van der Waals surface area (Å²) in [6.07, 6.45) is -9.44. The average Bonchev–Trinajstić information content (AvgIpc) is 0.715. The number of ether oxygens (including phenoxy) is 6. The zero-order chi connectivity index (χ0) is 83.7. The van der Waals surface area contributed by atoms with Gasteiger partial charge in [0, 0.05) is 95.2 Å². The predicted molar refractivity (Wildman–Crippen MR) is 422 cm³/mol. The van der Waals surface area contributed by atoms with Crippen molar-refractivity contribution in [2.24, 2.45) is 0 Å². The number of alkyl carbamates (subject to hydrolysis) is 2. The van der Waals surface area contributed by atoms with Crippen molar-refractivity contribution in [2.75, 3.05) is 83.2 Å². The fraction of sp³-hybridized carbons (Fsp3) is 0.372. The number of rotatable bonds is 38. The van der Waals surface area contributed by atoms with Gasteiger partial charge in [0.15, 0.2) is 11.6 Å². The molecule has 0 bridgehead atoms. The molecule has 0 saturated carbocycles. The molecule has 114 heavy (non-hydrogen) atoms. The summed E-state index contributed by atoms with van der Waals surface area (Å²) < 4.78 is 152. The van der Waals surface area contributed by atoms with Crippen molar-refractivity contribution in [3.8, 4) is 23.0 Å². The molecule has 2 unspecified atom stereocenters. The van der Waals surface area contributed by atoms with Crippen molar-refractivity contribution < 1.29 is 110 Å². The Balaban J connectivity index is 0.000000317. The van der Waals surface area contributed by atoms with Crippen molar-refractivity contribution in [3.05, 3.63) is 261 Å². The maximum atomic E-state index is 14.6. The lowest BCUT2D eigenvalue weighted by Crippen LogP contribution is -2.54. The standard InChI is InChI=1S/C43H47F6NO9Si.C43H53NO9Si/c1-29(51)30-9-13-32(14-10-30)40(2,25-7-27-58-39(53)50-26-8-28-60(55-4,56-5)57-6)33-17-23-37(24-18-33)59-38(52)31-11-15-34(16-12-31)41(42(44,45)46,43(47,48)49)35-19-21-36(54-3)22-20-35;1-31(45)32-11-17-36(18-12-32)43(4,27-9-29-52-41(47)44-28-10-30-54(49-6,50-7)51-8)37-21-25-39(26-22-37)53-40(46)33-13-15-34(16-14-33)42(2,3)35-19-23-38(48-5)24-20-35/h9-24H,7-8,25-28H2,1-6H3,(H,50,53);11-26H,9-10,27-30H2,1-8H3,(H,44,47). The van der Waals surface area contributed by atoms with E-state index in [0.29, 0.717) is 110 Å². The number of carbonyl (C=O) groups excluding carboxylic acids is 6. The molecular weight excluding hydrogens is 1520 g/mol. The number of alkyl halides is 6. The highest BCUT2D eigenvalue weighted by atomic mass is 28.4. The minimum absolute atomic E-state index is 0.0101. The fourth-order valence-corrected chi connectivity index (χ4v) is 16.9. The lowest BCUT2D eigenvalue weighted by atomic mass is 9.72. The lowest BCUT2D eigenvalue weighted by Gasteiger charge is -2.38. The van der Waals surface area contributed by atoms with E-state index < -0.39 is 81.5 Å². The van der Waals surface area contributed by atoms with Gasteiger partial charge in [-0.2, -0.15) is 26.3 Å². The minimum atomic E-state index is -5.81. The summed E-state index contributed by atoms with van der Waals surface area (Å²) in [5.74, 6) is -0.244. The Morgan fingerprint density at radius 3 is 0.868 bits per heavy atom. The first kappa shape index (κ1) is 91.1. The Kier molecular flexibility index (Phi) is 32.6. The first-order valence-electron chi connectivity index (χ1n) is 36.8. The van der Waals surface area contributed by atoms with Crippen LogP contribution in [-0.2, 0) is 57.7 Å². The number of carbonyl (C=O) groups is 6. The van der Waals surface area contributed by atoms with E-state index in [0.717, 1.165) is 63.4 Å². The van der Waals surface area contributed by atoms with Crippen LogP contribution in [0.15, 0.2) is 194 Å². The second-order valence-electron chi connectivity index (χ2n) is 27.9. The lowest BCUT2D eigenvalue weighted by molar-refractivity contribution is -0.288. The van der Waals surface area contributed by atoms with Crippen LogP contribution in [0.2, 0.25) is 12.1 Å². The van der Waals surface area contributed by atoms with Gasteiger partial charge in [-0.3, -0.25) is 9.59 Å². The first-order valence-corrected chi connectivity index (χ1v) is 40.6. The topological polar surface area (TPSA) is 237 Å². The zero-order valence-corrected chi connectivity index (χ0v) is 68.6. The first-order chi connectivity index (χ1) is 54.1. The Hall–Kier alpha value is -10.0. The molecule has 0 radical (unpaired) electrons. The molecule has 8 rings (SSSR count). The molecule has 0 aliphatic rings. The smallest absolute Gasteiger partial charge is 0.497 e. The molecule has 8 aromatic carbocycles. The van der Waals surface area contributed by atoms with Gasteiger partial charge in [0.05, 0.1) is 38.6 Å². The van der Waals surface area contributed by atoms with Crippen molar-refractivity contribution in [2.45, 2.75) is 126 Å². The van der Waals surface area contributed by atoms with Crippen LogP contribution in [0.5, 0.6) is 23.0 Å². The third kappa shape index (κ3) is 22.7. The van der Waals surface area contributed by atoms with Crippen molar-refractivity contribution in [3.63, 3.8) is 0 Å². The second kappa shape index (κ2) is 40.8. The molecule has 0 aliphatic heterocycles. The van der Waals surface area contributed by atoms with Gasteiger partial charge in [0.1, 0.15) is 23.0 Å². The molecule has 2 atom stereocenters. The summed E-state index contributed by atoms with van der Waals surface area (Å²) in [6.45, 7) is 12.4. The number of hydrogen-bond donors (Lipinski definition) is 2. The van der Waals surface area contributed by atoms with Crippen LogP contribution in [0.3, 0.4) is 0 Å². The molecule has 20 nitrogen and oxygen atoms in total. The van der Waals surface area contributed by atoms with E-state index >= 15 is 0 Å². The summed E-state index contributed by atoms with van der Waals surface area (Å²) >= 11 is 0. The molecule has 0 heterocycles. The van der Waals surface area contributed by atoms with E-state index in [2.05, 4.69) is 31.4 Å². The van der Waals surface area contributed by atoms with E-state index in [-0.39, 0.29) is 47.3 Å². The van der Waals surface area contributed by atoms with Gasteiger partial charge in [-0.25, -0.2) is 19.2 Å². The number of methoxy groups -OCH3 is 2. The molecule has 0 aliphatic carbocycles. The highest BCUT2D eigenvalue weighted by Crippen LogP contribution is 2.56. The largest absolute Gasteiger partial charge is 0.500 e. The van der Waals surface area contributed by atoms with Gasteiger partial charge >= 0.3 is 54.1 Å². The number of esters is 2. The normalized spacial score (nSPS) is 13.0. The summed E-state index contributed by atoms with van der Waals surface area (Å²) in [7, 11) is 6.59. The number of amides is 2. The van der Waals surface area contributed by atoms with E-state index in [9.17, 15) is 55.1 Å². The molecule has 2 N–H and O–H groups in total. The Bertz CT molecular complexity index is 4400. The number of halogens is 6. The third-order valence-corrected chi connectivity index (χ3v) is 26.3. The average molecular weight is 1620 g/mol. The summed E-state index contributed by atoms with van der Waals surface area (Å²) in [4.78, 5) is 75.1. The van der Waals surface area contributed by atoms with Crippen LogP contribution in [0.25, 0.3) is 0 Å². The molecule has 612 valence electrons. The molecule has 2 amide bonds. The third-order valence-electron chi connectivity index (χ3n) is 20.7. The van der Waals surface area contributed by atoms with Gasteiger partial charge in [-0.1, -0.05) is 149 Å². The molecule has 28 heteroatoms. The maximum Gasteiger partial charge on any atom is 0.500 e. The predicted octanol–water partition coefficient (Wildman–Crippen LogP) is 18.1. The highest BCUT2D eigenvalue weighted by molar-refractivity contribution is 6.60. The van der Waals surface area contributed by atoms with Crippen molar-refractivity contribution in [1.82, 2.24) is 10.6 Å². The number of nitrogens with one attached hydrogen (secondary N) is 2. The van der Waals surface area contributed by atoms with Gasteiger partial charge in [-0.15, -0.1) is 0 Å². The van der Waals surface area contributed by atoms with Gasteiger partial charge in [-0.05, 0) is 170 Å². The van der Waals surface area contributed by atoms with Crippen LogP contribution in [-0.4, -0.2) is 149 Å². The summed E-state index contributed by atoms with van der Waals surface area (Å²) in [5.41, 5.74) is -1.02. The minimum Gasteiger partial charge on any atom is -0.497 e. The Morgan fingerprint density at radius 1 is 0.333 bits per heavy atom. The van der Waals surface area contributed by atoms with Crippen LogP contribution in [0, 0.1) is 0 Å². The number of hydrogen-bond acceptors (Lipinski definition) is 18. The van der Waals surface area contributed by atoms with Gasteiger partial charge < -0.3 is 65.6 Å². The number of Topliss-reactive ketones (excluding diaryl/α,β-unsaturated/α-hetero) is 2. The van der Waals surface area contributed by atoms with Crippen LogP contribution >= 0.6 is 0 Å². The van der Waals surface area contributed by atoms with E-state index in [1.807, 2.05) is 91.9 Å². The molecule has 0 fully saturated rings. The van der Waals surface area contributed by atoms with E-state index in [1.165, 1.54) is 47.5 Å². The number of ketones is 2. The highest BCUT2D eigenvalue weighted by Gasteiger charge is 2.72. The molecule has 8 aromatic rings. The SMILES string of the molecule is COc1ccc(C(C)(C)c2ccc(C(=O)Oc3ccc(C(C)(CCCOC(=O)NCCC[Si](OC)(OC)OC)c4ccc(C(C)=O)cc4)cc3)cc2)cc1.COc1ccc(C(c2ccc(C(=O)Oc3ccc(C(C)(CCCOC(=O)NCCC[Si](OC)(OC)OC)c4ccc(C(C)=O)cc4)cc3)cc2)(C(F)(F)F)C(F)(F)F)cc1. The van der Waals surface area contributed by atoms with Crippen molar-refractivity contribution in [1.29, 1.82) is 0 Å². The molecule has 0 aromatic heterocycles. The monoisotopic (exact) mass is 1620 g/mol. The van der Waals surface area contributed by atoms with Gasteiger partial charge in [0.2, 0.25) is 5.41 Å². The molecule has 0 saturated heterocycles. The van der Waals surface area contributed by atoms with E-state index in [1.54, 1.807) is 83.9 Å². The fourth-order valence-electron chi connectivity index (χ4n) is 13.4. The number of benzene rings is 8. The van der Waals surface area contributed by atoms with Crippen LogP contribution in [0.4, 0.5) is 35.9 Å². The van der Waals surface area contributed by atoms with Crippen molar-refractivity contribution >= 4 is 53.3 Å². The van der Waals surface area contributed by atoms with Gasteiger partial charge in [0.25, 0.3) is 0 Å². The zero-order valence-electron chi connectivity index (χ0n) is 66.6. The Morgan fingerprint density at radius 2 is 0.588 bits per heavy atom. The quantitative estimate of drug-likeness (QED) is 0.00913. The molecule has 0 spiro atoms. The van der Waals surface area contributed by atoms with Crippen LogP contribution in [0.1, 0.15) is 166 Å². The summed E-state index contributed by atoms with van der Waals surface area (Å²) in [6, 6.07) is 51.4. The maximum absolute atomic E-state index is 14.6. The summed E-state index contributed by atoms with van der Waals surface area (Å²) in [5, 5.41) is 5.47. The van der Waals surface area contributed by atoms with E-state index in [4.69, 9.17) is 55.0 Å².